The molecule has 1 aromatic carbocycles. The summed E-state index contributed by atoms with van der Waals surface area (Å²) in [4.78, 5) is 5.43. The summed E-state index contributed by atoms with van der Waals surface area (Å²) < 4.78 is 58.1. The fourth-order valence-corrected chi connectivity index (χ4v) is 4.05. The van der Waals surface area contributed by atoms with Crippen LogP contribution in [0.1, 0.15) is 11.7 Å². The van der Waals surface area contributed by atoms with E-state index in [1.807, 2.05) is 4.90 Å². The second-order valence-electron chi connectivity index (χ2n) is 5.46. The van der Waals surface area contributed by atoms with Crippen LogP contribution in [-0.4, -0.2) is 53.9 Å². The largest absolute Gasteiger partial charge is 0.340 e. The molecule has 10 heteroatoms. The van der Waals surface area contributed by atoms with Crippen molar-refractivity contribution in [2.24, 2.45) is 0 Å². The van der Waals surface area contributed by atoms with Crippen LogP contribution in [0.15, 0.2) is 27.6 Å². The van der Waals surface area contributed by atoms with E-state index in [1.54, 1.807) is 6.92 Å². The molecule has 3 rings (SSSR count). The summed E-state index contributed by atoms with van der Waals surface area (Å²) in [6.07, 6.45) is 0. The SMILES string of the molecule is Cc1nc(CN2CCN(S(=O)(=O)c3cccc(F)c3F)CC2)no1. The van der Waals surface area contributed by atoms with E-state index in [2.05, 4.69) is 10.1 Å². The molecule has 0 aliphatic carbocycles. The number of hydrogen-bond donors (Lipinski definition) is 0. The van der Waals surface area contributed by atoms with Gasteiger partial charge in [0.05, 0.1) is 6.54 Å². The van der Waals surface area contributed by atoms with Crippen molar-refractivity contribution < 1.29 is 21.7 Å². The van der Waals surface area contributed by atoms with Crippen LogP contribution >= 0.6 is 0 Å². The first-order valence-corrected chi connectivity index (χ1v) is 8.77. The maximum Gasteiger partial charge on any atom is 0.246 e. The number of nitrogens with zero attached hydrogens (tertiary/aromatic N) is 4. The Bertz CT molecular complexity index is 832. The molecule has 7 nitrogen and oxygen atoms in total. The van der Waals surface area contributed by atoms with Gasteiger partial charge in [0.1, 0.15) is 4.90 Å². The predicted octanol–water partition coefficient (Wildman–Crippen LogP) is 1.16. The Hall–Kier alpha value is -1.91. The monoisotopic (exact) mass is 358 g/mol. The molecular formula is C14H16F2N4O3S. The Morgan fingerprint density at radius 1 is 1.21 bits per heavy atom. The van der Waals surface area contributed by atoms with E-state index in [0.29, 0.717) is 31.3 Å². The van der Waals surface area contributed by atoms with Crippen molar-refractivity contribution in [2.75, 3.05) is 26.2 Å². The van der Waals surface area contributed by atoms with E-state index in [-0.39, 0.29) is 13.1 Å². The molecule has 130 valence electrons. The highest BCUT2D eigenvalue weighted by Crippen LogP contribution is 2.22. The molecule has 0 spiro atoms. The summed E-state index contributed by atoms with van der Waals surface area (Å²) in [5.74, 6) is -1.53. The van der Waals surface area contributed by atoms with Crippen molar-refractivity contribution in [1.82, 2.24) is 19.3 Å². The number of halogens is 2. The lowest BCUT2D eigenvalue weighted by molar-refractivity contribution is 0.176. The van der Waals surface area contributed by atoms with Crippen molar-refractivity contribution in [3.05, 3.63) is 41.5 Å². The molecule has 2 aromatic rings. The number of sulfonamides is 1. The van der Waals surface area contributed by atoms with Crippen LogP contribution in [0, 0.1) is 18.6 Å². The molecule has 0 saturated carbocycles. The molecule has 1 aliphatic rings. The van der Waals surface area contributed by atoms with Crippen LogP contribution in [0.2, 0.25) is 0 Å². The lowest BCUT2D eigenvalue weighted by atomic mass is 10.3. The Morgan fingerprint density at radius 2 is 1.92 bits per heavy atom. The summed E-state index contributed by atoms with van der Waals surface area (Å²) in [5, 5.41) is 3.80. The molecule has 1 aromatic heterocycles. The molecule has 0 bridgehead atoms. The van der Waals surface area contributed by atoms with E-state index in [4.69, 9.17) is 4.52 Å². The molecule has 24 heavy (non-hydrogen) atoms. The first-order chi connectivity index (χ1) is 11.4. The van der Waals surface area contributed by atoms with Crippen LogP contribution in [0.4, 0.5) is 8.78 Å². The van der Waals surface area contributed by atoms with Crippen molar-refractivity contribution in [2.45, 2.75) is 18.4 Å². The predicted molar refractivity (Wildman–Crippen MR) is 79.4 cm³/mol. The highest BCUT2D eigenvalue weighted by atomic mass is 32.2. The van der Waals surface area contributed by atoms with Gasteiger partial charge in [-0.3, -0.25) is 4.90 Å². The fraction of sp³-hybridized carbons (Fsp3) is 0.429. The number of benzene rings is 1. The van der Waals surface area contributed by atoms with Crippen molar-refractivity contribution >= 4 is 10.0 Å². The smallest absolute Gasteiger partial charge is 0.246 e. The number of hydrogen-bond acceptors (Lipinski definition) is 6. The minimum absolute atomic E-state index is 0.176. The Labute approximate surface area is 137 Å². The van der Waals surface area contributed by atoms with Gasteiger partial charge in [-0.25, -0.2) is 17.2 Å². The van der Waals surface area contributed by atoms with Gasteiger partial charge in [-0.2, -0.15) is 9.29 Å². The number of piperazine rings is 1. The van der Waals surface area contributed by atoms with Crippen molar-refractivity contribution in [1.29, 1.82) is 0 Å². The van der Waals surface area contributed by atoms with Gasteiger partial charge in [0.15, 0.2) is 17.5 Å². The van der Waals surface area contributed by atoms with Gasteiger partial charge in [-0.05, 0) is 12.1 Å². The molecule has 1 aliphatic heterocycles. The highest BCUT2D eigenvalue weighted by Gasteiger charge is 2.31. The van der Waals surface area contributed by atoms with Crippen LogP contribution in [0.5, 0.6) is 0 Å². The molecular weight excluding hydrogens is 342 g/mol. The van der Waals surface area contributed by atoms with Crippen molar-refractivity contribution in [3.63, 3.8) is 0 Å². The summed E-state index contributed by atoms with van der Waals surface area (Å²) >= 11 is 0. The number of aryl methyl sites for hydroxylation is 1. The first kappa shape index (κ1) is 16.9. The second-order valence-corrected chi connectivity index (χ2v) is 7.37. The third kappa shape index (κ3) is 3.30. The van der Waals surface area contributed by atoms with Crippen LogP contribution in [-0.2, 0) is 16.6 Å². The van der Waals surface area contributed by atoms with Gasteiger partial charge in [-0.1, -0.05) is 11.2 Å². The lowest BCUT2D eigenvalue weighted by Gasteiger charge is -2.33. The fourth-order valence-electron chi connectivity index (χ4n) is 2.56. The van der Waals surface area contributed by atoms with Gasteiger partial charge < -0.3 is 4.52 Å². The Balaban J connectivity index is 1.68. The van der Waals surface area contributed by atoms with Crippen LogP contribution < -0.4 is 0 Å². The van der Waals surface area contributed by atoms with Gasteiger partial charge >= 0.3 is 0 Å². The van der Waals surface area contributed by atoms with Crippen LogP contribution in [0.3, 0.4) is 0 Å². The average molecular weight is 358 g/mol. The van der Waals surface area contributed by atoms with Gasteiger partial charge in [0.25, 0.3) is 0 Å². The quantitative estimate of drug-likeness (QED) is 0.816. The van der Waals surface area contributed by atoms with E-state index in [0.717, 1.165) is 16.4 Å². The van der Waals surface area contributed by atoms with Gasteiger partial charge in [0, 0.05) is 33.1 Å². The Morgan fingerprint density at radius 3 is 2.54 bits per heavy atom. The molecule has 0 atom stereocenters. The molecule has 0 amide bonds. The minimum atomic E-state index is -4.07. The van der Waals surface area contributed by atoms with Gasteiger partial charge in [0.2, 0.25) is 15.9 Å². The summed E-state index contributed by atoms with van der Waals surface area (Å²) in [5.41, 5.74) is 0. The molecule has 0 radical (unpaired) electrons. The van der Waals surface area contributed by atoms with Crippen LogP contribution in [0.25, 0.3) is 0 Å². The van der Waals surface area contributed by atoms with Crippen molar-refractivity contribution in [3.8, 4) is 0 Å². The average Bonchev–Trinajstić information content (AvgIpc) is 2.95. The van der Waals surface area contributed by atoms with E-state index in [9.17, 15) is 17.2 Å². The molecule has 1 saturated heterocycles. The summed E-state index contributed by atoms with van der Waals surface area (Å²) in [7, 11) is -4.07. The lowest BCUT2D eigenvalue weighted by Crippen LogP contribution is -2.48. The van der Waals surface area contributed by atoms with E-state index in [1.165, 1.54) is 6.07 Å². The number of aromatic nitrogens is 2. The zero-order chi connectivity index (χ0) is 17.3. The second kappa shape index (κ2) is 6.54. The zero-order valence-electron chi connectivity index (χ0n) is 12.9. The van der Waals surface area contributed by atoms with Gasteiger partial charge in [-0.15, -0.1) is 0 Å². The first-order valence-electron chi connectivity index (χ1n) is 7.33. The summed E-state index contributed by atoms with van der Waals surface area (Å²) in [6.45, 7) is 3.35. The maximum atomic E-state index is 13.8. The summed E-state index contributed by atoms with van der Waals surface area (Å²) in [6, 6.07) is 3.14. The number of rotatable bonds is 4. The highest BCUT2D eigenvalue weighted by molar-refractivity contribution is 7.89. The third-order valence-electron chi connectivity index (χ3n) is 3.80. The molecule has 2 heterocycles. The molecule has 1 fully saturated rings. The maximum absolute atomic E-state index is 13.8. The normalized spacial score (nSPS) is 17.3. The zero-order valence-corrected chi connectivity index (χ0v) is 13.8. The third-order valence-corrected chi connectivity index (χ3v) is 5.72. The Kier molecular flexibility index (Phi) is 4.61. The topological polar surface area (TPSA) is 79.5 Å². The molecule has 0 N–H and O–H groups in total. The standard InChI is InChI=1S/C14H16F2N4O3S/c1-10-17-13(18-23-10)9-19-5-7-20(8-6-19)24(21,22)12-4-2-3-11(15)14(12)16/h2-4H,5-9H2,1H3. The minimum Gasteiger partial charge on any atom is -0.340 e. The molecule has 0 unspecified atom stereocenters. The van der Waals surface area contributed by atoms with E-state index < -0.39 is 26.6 Å². The van der Waals surface area contributed by atoms with E-state index >= 15 is 0 Å².